The number of hydrogen-bond acceptors (Lipinski definition) is 5. The monoisotopic (exact) mass is 299 g/mol. The van der Waals surface area contributed by atoms with E-state index >= 15 is 0 Å². The van der Waals surface area contributed by atoms with Gasteiger partial charge in [0.15, 0.2) is 0 Å². The van der Waals surface area contributed by atoms with Gasteiger partial charge in [-0.1, -0.05) is 6.07 Å². The lowest BCUT2D eigenvalue weighted by atomic mass is 10.1. The minimum atomic E-state index is -3.73. The Morgan fingerprint density at radius 1 is 1.45 bits per heavy atom. The molecule has 0 amide bonds. The Labute approximate surface area is 117 Å². The van der Waals surface area contributed by atoms with Crippen LogP contribution >= 0.6 is 0 Å². The number of nitro benzene ring substituents is 1. The Balaban J connectivity index is 2.24. The molecule has 0 aliphatic carbocycles. The summed E-state index contributed by atoms with van der Waals surface area (Å²) in [6.45, 7) is 3.04. The number of sulfonamides is 1. The van der Waals surface area contributed by atoms with Crippen LogP contribution < -0.4 is 10.0 Å². The maximum Gasteiger partial charge on any atom is 0.273 e. The van der Waals surface area contributed by atoms with Crippen LogP contribution in [0.4, 0.5) is 5.69 Å². The van der Waals surface area contributed by atoms with Crippen LogP contribution in [0.2, 0.25) is 0 Å². The molecule has 2 rings (SSSR count). The van der Waals surface area contributed by atoms with Crippen molar-refractivity contribution in [1.29, 1.82) is 0 Å². The molecular formula is C12H17N3O4S. The summed E-state index contributed by atoms with van der Waals surface area (Å²) < 4.78 is 27.0. The quantitative estimate of drug-likeness (QED) is 0.636. The minimum Gasteiger partial charge on any atom is -0.315 e. The Bertz CT molecular complexity index is 609. The molecule has 1 fully saturated rings. The fourth-order valence-corrected chi connectivity index (χ4v) is 3.48. The van der Waals surface area contributed by atoms with E-state index in [2.05, 4.69) is 10.0 Å². The Kier molecular flexibility index (Phi) is 4.36. The number of aryl methyl sites for hydroxylation is 1. The van der Waals surface area contributed by atoms with Gasteiger partial charge in [-0.2, -0.15) is 0 Å². The van der Waals surface area contributed by atoms with Crippen LogP contribution in [-0.4, -0.2) is 32.5 Å². The molecule has 8 heteroatoms. The molecular weight excluding hydrogens is 282 g/mol. The summed E-state index contributed by atoms with van der Waals surface area (Å²) in [6, 6.07) is 3.77. The van der Waals surface area contributed by atoms with Crippen LogP contribution in [0.5, 0.6) is 0 Å². The molecule has 1 aromatic rings. The summed E-state index contributed by atoms with van der Waals surface area (Å²) in [6.07, 6.45) is 1.67. The second kappa shape index (κ2) is 5.86. The average Bonchev–Trinajstić information content (AvgIpc) is 2.39. The first-order valence-electron chi connectivity index (χ1n) is 6.38. The minimum absolute atomic E-state index is 0.0691. The fourth-order valence-electron chi connectivity index (χ4n) is 2.19. The van der Waals surface area contributed by atoms with Gasteiger partial charge in [0, 0.05) is 24.2 Å². The molecule has 0 spiro atoms. The predicted molar refractivity (Wildman–Crippen MR) is 74.0 cm³/mol. The topological polar surface area (TPSA) is 101 Å². The van der Waals surface area contributed by atoms with Gasteiger partial charge in [0.2, 0.25) is 10.0 Å². The maximum atomic E-state index is 12.2. The van der Waals surface area contributed by atoms with Gasteiger partial charge in [-0.3, -0.25) is 10.1 Å². The molecule has 0 radical (unpaired) electrons. The largest absolute Gasteiger partial charge is 0.315 e. The van der Waals surface area contributed by atoms with Crippen LogP contribution in [0.1, 0.15) is 18.4 Å². The van der Waals surface area contributed by atoms with E-state index in [4.69, 9.17) is 0 Å². The number of benzene rings is 1. The normalized spacial score (nSPS) is 19.8. The molecule has 0 saturated carbocycles. The Hall–Kier alpha value is -1.51. The van der Waals surface area contributed by atoms with E-state index < -0.39 is 14.9 Å². The summed E-state index contributed by atoms with van der Waals surface area (Å²) in [5, 5.41) is 14.0. The van der Waals surface area contributed by atoms with Crippen LogP contribution in [0.3, 0.4) is 0 Å². The lowest BCUT2D eigenvalue weighted by Crippen LogP contribution is -2.45. The van der Waals surface area contributed by atoms with Crippen molar-refractivity contribution in [3.8, 4) is 0 Å². The number of piperidine rings is 1. The van der Waals surface area contributed by atoms with Gasteiger partial charge in [-0.25, -0.2) is 13.1 Å². The molecule has 1 aliphatic heterocycles. The number of rotatable bonds is 4. The average molecular weight is 299 g/mol. The predicted octanol–water partition coefficient (Wildman–Crippen LogP) is 0.934. The number of nitrogens with zero attached hydrogens (tertiary/aromatic N) is 1. The molecule has 20 heavy (non-hydrogen) atoms. The first-order chi connectivity index (χ1) is 9.40. The van der Waals surface area contributed by atoms with E-state index in [1.165, 1.54) is 12.1 Å². The lowest BCUT2D eigenvalue weighted by Gasteiger charge is -2.23. The van der Waals surface area contributed by atoms with Crippen molar-refractivity contribution >= 4 is 15.7 Å². The first kappa shape index (κ1) is 14.9. The van der Waals surface area contributed by atoms with E-state index in [9.17, 15) is 18.5 Å². The summed E-state index contributed by atoms with van der Waals surface area (Å²) in [5.41, 5.74) is 0.253. The highest BCUT2D eigenvalue weighted by molar-refractivity contribution is 7.89. The highest BCUT2D eigenvalue weighted by Gasteiger charge is 2.24. The summed E-state index contributed by atoms with van der Waals surface area (Å²) in [4.78, 5) is 10.2. The summed E-state index contributed by atoms with van der Waals surface area (Å²) in [5.74, 6) is 0. The van der Waals surface area contributed by atoms with Crippen LogP contribution in [0.15, 0.2) is 23.1 Å². The molecule has 110 valence electrons. The standard InChI is InChI=1S/C12H17N3O4S/c1-9-4-5-11(7-12(9)15(16)17)20(18,19)14-10-3-2-6-13-8-10/h4-5,7,10,13-14H,2-3,6,8H2,1H3. The number of hydrogen-bond donors (Lipinski definition) is 2. The van der Waals surface area contributed by atoms with E-state index in [1.807, 2.05) is 0 Å². The van der Waals surface area contributed by atoms with E-state index in [-0.39, 0.29) is 16.6 Å². The highest BCUT2D eigenvalue weighted by atomic mass is 32.2. The SMILES string of the molecule is Cc1ccc(S(=O)(=O)NC2CCCNC2)cc1[N+](=O)[O-]. The smallest absolute Gasteiger partial charge is 0.273 e. The molecule has 1 heterocycles. The molecule has 2 N–H and O–H groups in total. The molecule has 1 atom stereocenters. The fraction of sp³-hybridized carbons (Fsp3) is 0.500. The van der Waals surface area contributed by atoms with Crippen molar-refractivity contribution in [2.24, 2.45) is 0 Å². The van der Waals surface area contributed by atoms with E-state index in [0.29, 0.717) is 12.1 Å². The van der Waals surface area contributed by atoms with Crippen molar-refractivity contribution in [3.63, 3.8) is 0 Å². The van der Waals surface area contributed by atoms with Crippen LogP contribution in [0, 0.1) is 17.0 Å². The van der Waals surface area contributed by atoms with Crippen LogP contribution in [0.25, 0.3) is 0 Å². The van der Waals surface area contributed by atoms with Crippen molar-refractivity contribution in [2.45, 2.75) is 30.7 Å². The molecule has 0 bridgehead atoms. The van der Waals surface area contributed by atoms with Crippen molar-refractivity contribution in [1.82, 2.24) is 10.0 Å². The van der Waals surface area contributed by atoms with Gasteiger partial charge < -0.3 is 5.32 Å². The lowest BCUT2D eigenvalue weighted by molar-refractivity contribution is -0.385. The van der Waals surface area contributed by atoms with Gasteiger partial charge in [0.25, 0.3) is 5.69 Å². The Morgan fingerprint density at radius 2 is 2.20 bits per heavy atom. The maximum absolute atomic E-state index is 12.2. The number of nitro groups is 1. The van der Waals surface area contributed by atoms with E-state index in [0.717, 1.165) is 25.5 Å². The van der Waals surface area contributed by atoms with Crippen molar-refractivity contribution < 1.29 is 13.3 Å². The van der Waals surface area contributed by atoms with Gasteiger partial charge in [0.1, 0.15) is 0 Å². The van der Waals surface area contributed by atoms with E-state index in [1.54, 1.807) is 6.92 Å². The highest BCUT2D eigenvalue weighted by Crippen LogP contribution is 2.22. The number of nitrogens with one attached hydrogen (secondary N) is 2. The third kappa shape index (κ3) is 3.33. The molecule has 1 saturated heterocycles. The third-order valence-corrected chi connectivity index (χ3v) is 4.82. The van der Waals surface area contributed by atoms with Gasteiger partial charge in [0.05, 0.1) is 9.82 Å². The zero-order valence-electron chi connectivity index (χ0n) is 11.1. The van der Waals surface area contributed by atoms with Crippen LogP contribution in [-0.2, 0) is 10.0 Å². The summed E-state index contributed by atoms with van der Waals surface area (Å²) in [7, 11) is -3.73. The first-order valence-corrected chi connectivity index (χ1v) is 7.86. The second-order valence-corrected chi connectivity index (χ2v) is 6.58. The molecule has 1 unspecified atom stereocenters. The molecule has 7 nitrogen and oxygen atoms in total. The molecule has 1 aromatic carbocycles. The third-order valence-electron chi connectivity index (χ3n) is 3.31. The second-order valence-electron chi connectivity index (χ2n) is 4.87. The molecule has 1 aliphatic rings. The zero-order valence-corrected chi connectivity index (χ0v) is 11.9. The van der Waals surface area contributed by atoms with Crippen molar-refractivity contribution in [3.05, 3.63) is 33.9 Å². The van der Waals surface area contributed by atoms with Crippen molar-refractivity contribution in [2.75, 3.05) is 13.1 Å². The molecule has 0 aromatic heterocycles. The Morgan fingerprint density at radius 3 is 2.80 bits per heavy atom. The van der Waals surface area contributed by atoms with Gasteiger partial charge in [-0.15, -0.1) is 0 Å². The van der Waals surface area contributed by atoms with Gasteiger partial charge >= 0.3 is 0 Å². The summed E-state index contributed by atoms with van der Waals surface area (Å²) >= 11 is 0. The zero-order chi connectivity index (χ0) is 14.8. The van der Waals surface area contributed by atoms with Gasteiger partial charge in [-0.05, 0) is 32.4 Å².